The minimum atomic E-state index is -4.39. The number of hydrogen-bond acceptors (Lipinski definition) is 7. The first kappa shape index (κ1) is 21.8. The molecule has 4 N–H and O–H groups in total. The van der Waals surface area contributed by atoms with E-state index in [4.69, 9.17) is 12.2 Å². The number of carbonyl (C=O) groups excluding carboxylic acids is 1. The van der Waals surface area contributed by atoms with E-state index in [1.165, 1.54) is 5.38 Å². The molecule has 2 aromatic carbocycles. The second-order valence-corrected chi connectivity index (χ2v) is 8.73. The molecule has 1 unspecified atom stereocenters. The van der Waals surface area contributed by atoms with Crippen molar-refractivity contribution < 1.29 is 17.8 Å². The summed E-state index contributed by atoms with van der Waals surface area (Å²) in [4.78, 5) is 12.0. The van der Waals surface area contributed by atoms with Crippen molar-refractivity contribution in [2.24, 2.45) is 0 Å². The molecule has 30 heavy (non-hydrogen) atoms. The van der Waals surface area contributed by atoms with Crippen LogP contribution in [0.2, 0.25) is 0 Å². The summed E-state index contributed by atoms with van der Waals surface area (Å²) >= 11 is 6.25. The number of anilines is 2. The van der Waals surface area contributed by atoms with Gasteiger partial charge in [0, 0.05) is 23.2 Å². The van der Waals surface area contributed by atoms with Crippen LogP contribution < -0.4 is 16.0 Å². The van der Waals surface area contributed by atoms with Crippen LogP contribution in [-0.2, 0) is 16.5 Å². The quantitative estimate of drug-likeness (QED) is 0.308. The number of rotatable bonds is 7. The normalized spacial score (nSPS) is 12.0. The molecule has 0 saturated heterocycles. The summed E-state index contributed by atoms with van der Waals surface area (Å²) in [7, 11) is -4.39. The number of hydrogen-bond donors (Lipinski definition) is 4. The second kappa shape index (κ2) is 9.71. The molecular weight excluding hydrogens is 446 g/mol. The maximum atomic E-state index is 12.0. The van der Waals surface area contributed by atoms with Crippen LogP contribution in [0.5, 0.6) is 0 Å². The van der Waals surface area contributed by atoms with Gasteiger partial charge >= 0.3 is 0 Å². The van der Waals surface area contributed by atoms with Crippen LogP contribution >= 0.6 is 23.8 Å². The minimum Gasteiger partial charge on any atom is -0.344 e. The summed E-state index contributed by atoms with van der Waals surface area (Å²) in [6.07, 6.45) is 0.0396. The monoisotopic (exact) mass is 463 g/mol. The molecule has 156 valence electrons. The van der Waals surface area contributed by atoms with Gasteiger partial charge in [0.25, 0.3) is 16.0 Å². The molecule has 3 aromatic rings. The largest absolute Gasteiger partial charge is 0.344 e. The summed E-state index contributed by atoms with van der Waals surface area (Å²) in [5.41, 5.74) is 2.06. The van der Waals surface area contributed by atoms with Gasteiger partial charge in [0.05, 0.1) is 0 Å². The molecule has 12 heteroatoms. The molecule has 9 nitrogen and oxygen atoms in total. The van der Waals surface area contributed by atoms with Gasteiger partial charge in [-0.1, -0.05) is 34.8 Å². The molecular formula is C18H17N5O4S3. The van der Waals surface area contributed by atoms with Gasteiger partial charge in [-0.15, -0.1) is 5.10 Å². The van der Waals surface area contributed by atoms with Crippen molar-refractivity contribution in [1.29, 1.82) is 0 Å². The number of benzene rings is 2. The SMILES string of the molecule is O=C(Nc1ccc(NC(=S)NC(Cc2ccccc2)S(=O)(=O)O)cc1)c1csnn1. The number of thiocarbonyl (C=S) groups is 1. The Kier molecular flexibility index (Phi) is 7.05. The van der Waals surface area contributed by atoms with Gasteiger partial charge in [-0.25, -0.2) is 0 Å². The fraction of sp³-hybridized carbons (Fsp3) is 0.111. The van der Waals surface area contributed by atoms with Gasteiger partial charge in [0.2, 0.25) is 0 Å². The van der Waals surface area contributed by atoms with Crippen molar-refractivity contribution in [3.8, 4) is 0 Å². The van der Waals surface area contributed by atoms with Crippen LogP contribution in [0.4, 0.5) is 11.4 Å². The first-order chi connectivity index (χ1) is 14.3. The third-order valence-corrected chi connectivity index (χ3v) is 5.64. The van der Waals surface area contributed by atoms with Gasteiger partial charge in [0.1, 0.15) is 0 Å². The predicted molar refractivity (Wildman–Crippen MR) is 119 cm³/mol. The van der Waals surface area contributed by atoms with Crippen LogP contribution in [0.3, 0.4) is 0 Å². The van der Waals surface area contributed by atoms with Crippen molar-refractivity contribution in [3.63, 3.8) is 0 Å². The van der Waals surface area contributed by atoms with E-state index in [0.29, 0.717) is 11.4 Å². The molecule has 1 heterocycles. The highest BCUT2D eigenvalue weighted by Crippen LogP contribution is 2.15. The number of amides is 1. The maximum absolute atomic E-state index is 12.0. The summed E-state index contributed by atoms with van der Waals surface area (Å²) < 4.78 is 36.6. The lowest BCUT2D eigenvalue weighted by molar-refractivity contribution is 0.102. The van der Waals surface area contributed by atoms with Crippen LogP contribution in [0.1, 0.15) is 16.1 Å². The Morgan fingerprint density at radius 1 is 1.07 bits per heavy atom. The molecule has 0 fully saturated rings. The van der Waals surface area contributed by atoms with E-state index in [1.807, 2.05) is 6.07 Å². The Balaban J connectivity index is 1.59. The fourth-order valence-corrected chi connectivity index (χ4v) is 3.91. The molecule has 3 rings (SSSR count). The highest BCUT2D eigenvalue weighted by atomic mass is 32.2. The average Bonchev–Trinajstić information content (AvgIpc) is 3.24. The van der Waals surface area contributed by atoms with E-state index >= 15 is 0 Å². The standard InChI is InChI=1S/C18H17N5O4S3/c24-17(15-11-29-23-22-15)19-13-6-8-14(9-7-13)20-18(28)21-16(30(25,26)27)10-12-4-2-1-3-5-12/h1-9,11,16H,10H2,(H,19,24)(H2,20,21,28)(H,25,26,27). The summed E-state index contributed by atoms with van der Waals surface area (Å²) in [5.74, 6) is -0.376. The van der Waals surface area contributed by atoms with Crippen LogP contribution in [0, 0.1) is 0 Å². The number of nitrogens with zero attached hydrogens (tertiary/aromatic N) is 2. The molecule has 0 spiro atoms. The first-order valence-corrected chi connectivity index (χ1v) is 11.3. The first-order valence-electron chi connectivity index (χ1n) is 8.57. The lowest BCUT2D eigenvalue weighted by atomic mass is 10.1. The Morgan fingerprint density at radius 3 is 2.27 bits per heavy atom. The minimum absolute atomic E-state index is 0.0267. The van der Waals surface area contributed by atoms with E-state index in [0.717, 1.165) is 17.1 Å². The molecule has 1 amide bonds. The molecule has 0 radical (unpaired) electrons. The van der Waals surface area contributed by atoms with Crippen LogP contribution in [0.15, 0.2) is 60.0 Å². The van der Waals surface area contributed by atoms with Crippen LogP contribution in [-0.4, -0.2) is 39.0 Å². The van der Waals surface area contributed by atoms with Gasteiger partial charge in [-0.05, 0) is 53.6 Å². The van der Waals surface area contributed by atoms with Crippen molar-refractivity contribution in [2.75, 3.05) is 10.6 Å². The Bertz CT molecular complexity index is 1100. The van der Waals surface area contributed by atoms with E-state index in [9.17, 15) is 17.8 Å². The van der Waals surface area contributed by atoms with Gasteiger partial charge in [-0.3, -0.25) is 9.35 Å². The zero-order valence-corrected chi connectivity index (χ0v) is 17.8. The number of nitrogens with one attached hydrogen (secondary N) is 3. The summed E-state index contributed by atoms with van der Waals surface area (Å²) in [6.45, 7) is 0. The molecule has 0 bridgehead atoms. The smallest absolute Gasteiger partial charge is 0.286 e. The molecule has 0 aliphatic heterocycles. The number of aromatic nitrogens is 2. The van der Waals surface area contributed by atoms with Gasteiger partial charge in [-0.2, -0.15) is 8.42 Å². The average molecular weight is 464 g/mol. The van der Waals surface area contributed by atoms with E-state index < -0.39 is 15.5 Å². The Labute approximate surface area is 182 Å². The van der Waals surface area contributed by atoms with E-state index in [1.54, 1.807) is 48.5 Å². The highest BCUT2D eigenvalue weighted by molar-refractivity contribution is 7.86. The predicted octanol–water partition coefficient (Wildman–Crippen LogP) is 2.53. The van der Waals surface area contributed by atoms with Gasteiger partial charge in [0.15, 0.2) is 16.2 Å². The second-order valence-electron chi connectivity index (χ2n) is 6.11. The summed E-state index contributed by atoms with van der Waals surface area (Å²) in [6, 6.07) is 15.5. The fourth-order valence-electron chi connectivity index (χ4n) is 2.47. The van der Waals surface area contributed by atoms with Gasteiger partial charge < -0.3 is 16.0 Å². The molecule has 0 aliphatic rings. The van der Waals surface area contributed by atoms with E-state index in [2.05, 4.69) is 25.5 Å². The zero-order valence-electron chi connectivity index (χ0n) is 15.3. The van der Waals surface area contributed by atoms with Crippen molar-refractivity contribution in [3.05, 3.63) is 71.2 Å². The Hall–Kier alpha value is -2.93. The van der Waals surface area contributed by atoms with Crippen molar-refractivity contribution >= 4 is 56.3 Å². The topological polar surface area (TPSA) is 133 Å². The van der Waals surface area contributed by atoms with Crippen molar-refractivity contribution in [1.82, 2.24) is 14.9 Å². The molecule has 0 aliphatic carbocycles. The highest BCUT2D eigenvalue weighted by Gasteiger charge is 2.24. The number of carbonyl (C=O) groups is 1. The van der Waals surface area contributed by atoms with Crippen LogP contribution in [0.25, 0.3) is 0 Å². The maximum Gasteiger partial charge on any atom is 0.286 e. The molecule has 1 aromatic heterocycles. The lowest BCUT2D eigenvalue weighted by Crippen LogP contribution is -2.44. The third kappa shape index (κ3) is 6.29. The zero-order chi connectivity index (χ0) is 21.6. The van der Waals surface area contributed by atoms with Crippen molar-refractivity contribution in [2.45, 2.75) is 11.8 Å². The lowest BCUT2D eigenvalue weighted by Gasteiger charge is -2.18. The molecule has 0 saturated carbocycles. The Morgan fingerprint density at radius 2 is 1.70 bits per heavy atom. The van der Waals surface area contributed by atoms with E-state index in [-0.39, 0.29) is 23.1 Å². The molecule has 1 atom stereocenters. The third-order valence-electron chi connectivity index (χ3n) is 3.91. The summed E-state index contributed by atoms with van der Waals surface area (Å²) in [5, 5.41) is 12.1.